The van der Waals surface area contributed by atoms with Gasteiger partial charge in [0, 0.05) is 31.2 Å². The van der Waals surface area contributed by atoms with Crippen molar-refractivity contribution < 1.29 is 9.59 Å². The number of aromatic nitrogens is 2. The van der Waals surface area contributed by atoms with Crippen molar-refractivity contribution in [2.45, 2.75) is 51.5 Å². The quantitative estimate of drug-likeness (QED) is 0.512. The van der Waals surface area contributed by atoms with Gasteiger partial charge >= 0.3 is 0 Å². The van der Waals surface area contributed by atoms with Gasteiger partial charge in [-0.3, -0.25) is 23.7 Å². The average molecular weight is 498 g/mol. The molecule has 3 aliphatic rings. The predicted molar refractivity (Wildman–Crippen MR) is 138 cm³/mol. The predicted octanol–water partition coefficient (Wildman–Crippen LogP) is 2.85. The Bertz CT molecular complexity index is 1270. The van der Waals surface area contributed by atoms with Crippen molar-refractivity contribution in [1.82, 2.24) is 14.3 Å². The molecule has 4 heterocycles. The van der Waals surface area contributed by atoms with Crippen LogP contribution in [0.1, 0.15) is 49.7 Å². The van der Waals surface area contributed by atoms with Gasteiger partial charge in [-0.15, -0.1) is 0 Å². The van der Waals surface area contributed by atoms with E-state index in [0.717, 1.165) is 31.2 Å². The van der Waals surface area contributed by atoms with Crippen LogP contribution in [0.4, 0.5) is 5.82 Å². The van der Waals surface area contributed by atoms with Crippen molar-refractivity contribution in [3.8, 4) is 0 Å². The number of fused-ring (bicyclic) bond motifs is 1. The van der Waals surface area contributed by atoms with Crippen LogP contribution in [0, 0.1) is 12.8 Å². The van der Waals surface area contributed by atoms with Crippen LogP contribution in [0.3, 0.4) is 0 Å². The van der Waals surface area contributed by atoms with Crippen LogP contribution < -0.4 is 16.2 Å². The van der Waals surface area contributed by atoms with E-state index in [1.165, 1.54) is 16.2 Å². The monoisotopic (exact) mass is 497 g/mol. The number of pyridine rings is 1. The summed E-state index contributed by atoms with van der Waals surface area (Å²) >= 11 is 6.80. The van der Waals surface area contributed by atoms with E-state index >= 15 is 0 Å². The van der Waals surface area contributed by atoms with Gasteiger partial charge in [-0.25, -0.2) is 4.98 Å². The van der Waals surface area contributed by atoms with Gasteiger partial charge in [-0.2, -0.15) is 0 Å². The van der Waals surface area contributed by atoms with Crippen molar-refractivity contribution in [3.05, 3.63) is 44.7 Å². The molecule has 0 spiro atoms. The van der Waals surface area contributed by atoms with Gasteiger partial charge in [-0.1, -0.05) is 42.9 Å². The fraction of sp³-hybridized carbons (Fsp3) is 0.458. The van der Waals surface area contributed by atoms with Gasteiger partial charge in [-0.05, 0) is 50.3 Å². The molecule has 34 heavy (non-hydrogen) atoms. The first kappa shape index (κ1) is 23.0. The van der Waals surface area contributed by atoms with E-state index in [0.29, 0.717) is 52.2 Å². The molecule has 1 aliphatic carbocycles. The van der Waals surface area contributed by atoms with E-state index in [1.54, 1.807) is 17.2 Å². The molecule has 8 nitrogen and oxygen atoms in total. The minimum absolute atomic E-state index is 0.131. The van der Waals surface area contributed by atoms with Gasteiger partial charge in [0.2, 0.25) is 5.91 Å². The number of thioether (sulfide) groups is 1. The number of carbonyl (C=O) groups excluding carboxylic acids is 2. The maximum Gasteiger partial charge on any atom is 0.267 e. The largest absolute Gasteiger partial charge is 0.369 e. The highest BCUT2D eigenvalue weighted by molar-refractivity contribution is 8.26. The maximum absolute atomic E-state index is 13.6. The smallest absolute Gasteiger partial charge is 0.267 e. The summed E-state index contributed by atoms with van der Waals surface area (Å²) in [7, 11) is 0. The van der Waals surface area contributed by atoms with Gasteiger partial charge in [0.05, 0.1) is 10.5 Å². The molecule has 0 aromatic carbocycles. The van der Waals surface area contributed by atoms with Crippen LogP contribution in [0.5, 0.6) is 0 Å². The first-order valence-corrected chi connectivity index (χ1v) is 12.9. The van der Waals surface area contributed by atoms with E-state index in [9.17, 15) is 14.4 Å². The van der Waals surface area contributed by atoms with E-state index in [2.05, 4.69) is 0 Å². The number of hydrogen-bond acceptors (Lipinski definition) is 7. The van der Waals surface area contributed by atoms with Crippen LogP contribution in [0.2, 0.25) is 0 Å². The Hall–Kier alpha value is -2.72. The molecule has 2 saturated heterocycles. The molecular formula is C24H27N5O3S2. The van der Waals surface area contributed by atoms with Gasteiger partial charge < -0.3 is 10.6 Å². The second kappa shape index (κ2) is 9.14. The molecule has 2 aromatic rings. The SMILES string of the molecule is Cc1ccc2nc(N3CCC(C(N)=O)CC3)c(/C=C3/SC(=S)N(C4CCCC4)C3=O)c(=O)n2c1. The summed E-state index contributed by atoms with van der Waals surface area (Å²) in [6.45, 7) is 3.04. The fourth-order valence-corrected chi connectivity index (χ4v) is 6.46. The van der Waals surface area contributed by atoms with E-state index in [4.69, 9.17) is 22.9 Å². The zero-order chi connectivity index (χ0) is 24.0. The second-order valence-electron chi connectivity index (χ2n) is 9.24. The van der Waals surface area contributed by atoms with Gasteiger partial charge in [0.25, 0.3) is 11.5 Å². The number of thiocarbonyl (C=S) groups is 1. The molecule has 2 aromatic heterocycles. The number of carbonyl (C=O) groups is 2. The molecule has 3 fully saturated rings. The van der Waals surface area contributed by atoms with Crippen molar-refractivity contribution in [2.75, 3.05) is 18.0 Å². The lowest BCUT2D eigenvalue weighted by atomic mass is 9.96. The lowest BCUT2D eigenvalue weighted by molar-refractivity contribution is -0.124. The molecule has 0 unspecified atom stereocenters. The third-order valence-electron chi connectivity index (χ3n) is 6.97. The maximum atomic E-state index is 13.6. The number of hydrogen-bond donors (Lipinski definition) is 1. The number of amides is 2. The van der Waals surface area contributed by atoms with Gasteiger partial charge in [0.15, 0.2) is 0 Å². The first-order chi connectivity index (χ1) is 16.3. The van der Waals surface area contributed by atoms with Crippen LogP contribution in [-0.4, -0.2) is 49.6 Å². The number of nitrogens with two attached hydrogens (primary N) is 1. The Morgan fingerprint density at radius 3 is 2.56 bits per heavy atom. The minimum Gasteiger partial charge on any atom is -0.369 e. The number of rotatable bonds is 4. The normalized spacial score (nSPS) is 21.4. The molecule has 1 saturated carbocycles. The molecule has 0 atom stereocenters. The minimum atomic E-state index is -0.294. The zero-order valence-electron chi connectivity index (χ0n) is 19.0. The summed E-state index contributed by atoms with van der Waals surface area (Å²) in [5, 5.41) is 0. The Morgan fingerprint density at radius 1 is 1.18 bits per heavy atom. The highest BCUT2D eigenvalue weighted by Gasteiger charge is 2.38. The van der Waals surface area contributed by atoms with E-state index < -0.39 is 0 Å². The molecule has 5 rings (SSSR count). The van der Waals surface area contributed by atoms with Crippen LogP contribution >= 0.6 is 24.0 Å². The first-order valence-electron chi connectivity index (χ1n) is 11.7. The topological polar surface area (TPSA) is 101 Å². The third kappa shape index (κ3) is 4.13. The zero-order valence-corrected chi connectivity index (χ0v) is 20.7. The molecule has 0 radical (unpaired) electrons. The summed E-state index contributed by atoms with van der Waals surface area (Å²) in [4.78, 5) is 47.6. The molecule has 2 amide bonds. The number of primary amides is 1. The van der Waals surface area contributed by atoms with Crippen molar-refractivity contribution in [1.29, 1.82) is 0 Å². The molecule has 178 valence electrons. The van der Waals surface area contributed by atoms with Crippen molar-refractivity contribution in [3.63, 3.8) is 0 Å². The molecular weight excluding hydrogens is 470 g/mol. The summed E-state index contributed by atoms with van der Waals surface area (Å²) in [6, 6.07) is 3.88. The Labute approximate surface area is 207 Å². The van der Waals surface area contributed by atoms with E-state index in [-0.39, 0.29) is 29.3 Å². The van der Waals surface area contributed by atoms with Crippen molar-refractivity contribution in [2.24, 2.45) is 11.7 Å². The lowest BCUT2D eigenvalue weighted by Gasteiger charge is -2.32. The standard InChI is InChI=1S/C24H27N5O3S2/c1-14-6-7-19-26-21(27-10-8-15(9-11-27)20(25)30)17(22(31)28(19)13-14)12-18-23(32)29(24(33)34-18)16-4-2-3-5-16/h6-7,12-13,15-16H,2-5,8-11H2,1H3,(H2,25,30)/b18-12+. The van der Waals surface area contributed by atoms with Crippen LogP contribution in [0.25, 0.3) is 11.7 Å². The summed E-state index contributed by atoms with van der Waals surface area (Å²) < 4.78 is 2.08. The van der Waals surface area contributed by atoms with Gasteiger partial charge in [0.1, 0.15) is 15.8 Å². The van der Waals surface area contributed by atoms with Crippen LogP contribution in [0.15, 0.2) is 28.0 Å². The van der Waals surface area contributed by atoms with Crippen molar-refractivity contribution >= 4 is 57.7 Å². The number of nitrogens with zero attached hydrogens (tertiary/aromatic N) is 4. The summed E-state index contributed by atoms with van der Waals surface area (Å²) in [5.41, 5.74) is 7.12. The lowest BCUT2D eigenvalue weighted by Crippen LogP contribution is -2.40. The van der Waals surface area contributed by atoms with Crippen LogP contribution in [-0.2, 0) is 9.59 Å². The number of aryl methyl sites for hydroxylation is 1. The highest BCUT2D eigenvalue weighted by Crippen LogP contribution is 2.38. The Morgan fingerprint density at radius 2 is 1.88 bits per heavy atom. The van der Waals surface area contributed by atoms with E-state index in [1.807, 2.05) is 24.0 Å². The summed E-state index contributed by atoms with van der Waals surface area (Å²) in [5.74, 6) is -0.0685. The molecule has 10 heteroatoms. The Kier molecular flexibility index (Phi) is 6.20. The number of anilines is 1. The summed E-state index contributed by atoms with van der Waals surface area (Å²) in [6.07, 6.45) is 8.74. The molecule has 0 bridgehead atoms. The Balaban J connectivity index is 1.58. The second-order valence-corrected chi connectivity index (χ2v) is 10.9. The third-order valence-corrected chi connectivity index (χ3v) is 8.30. The number of piperidine rings is 1. The molecule has 2 N–H and O–H groups in total. The molecule has 2 aliphatic heterocycles. The average Bonchev–Trinajstić information content (AvgIpc) is 3.43. The fourth-order valence-electron chi connectivity index (χ4n) is 5.08. The highest BCUT2D eigenvalue weighted by atomic mass is 32.2.